The molecule has 1 atom stereocenters. The highest BCUT2D eigenvalue weighted by molar-refractivity contribution is 7.99. The molecule has 2 aromatic heterocycles. The molecule has 0 radical (unpaired) electrons. The molecule has 116 valence electrons. The Morgan fingerprint density at radius 3 is 2.90 bits per heavy atom. The molecule has 6 heteroatoms. The highest BCUT2D eigenvalue weighted by Crippen LogP contribution is 2.29. The summed E-state index contributed by atoms with van der Waals surface area (Å²) in [7, 11) is 2.02. The van der Waals surface area contributed by atoms with Gasteiger partial charge in [0.2, 0.25) is 0 Å². The average Bonchev–Trinajstić information content (AvgIpc) is 3.00. The molecule has 1 saturated heterocycles. The molecule has 21 heavy (non-hydrogen) atoms. The molecule has 2 aromatic rings. The summed E-state index contributed by atoms with van der Waals surface area (Å²) in [5, 5.41) is 5.34. The first kappa shape index (κ1) is 15.2. The SMILES string of the molecule is CCCc1nn(C)c2c1nc(CCl)n2CC1CCCCS1. The van der Waals surface area contributed by atoms with E-state index in [-0.39, 0.29) is 0 Å². The van der Waals surface area contributed by atoms with Crippen molar-refractivity contribution in [2.75, 3.05) is 5.75 Å². The second-order valence-electron chi connectivity index (χ2n) is 5.75. The quantitative estimate of drug-likeness (QED) is 0.785. The molecule has 1 fully saturated rings. The number of aromatic nitrogens is 4. The monoisotopic (exact) mass is 326 g/mol. The van der Waals surface area contributed by atoms with Crippen LogP contribution in [0.1, 0.15) is 44.1 Å². The van der Waals surface area contributed by atoms with Crippen LogP contribution >= 0.6 is 23.4 Å². The topological polar surface area (TPSA) is 35.6 Å². The van der Waals surface area contributed by atoms with Gasteiger partial charge in [-0.15, -0.1) is 11.6 Å². The van der Waals surface area contributed by atoms with Crippen molar-refractivity contribution in [1.82, 2.24) is 19.3 Å². The zero-order valence-electron chi connectivity index (χ0n) is 12.8. The number of imidazole rings is 1. The summed E-state index contributed by atoms with van der Waals surface area (Å²) in [6.45, 7) is 3.19. The lowest BCUT2D eigenvalue weighted by atomic mass is 10.2. The molecule has 0 N–H and O–H groups in total. The fourth-order valence-corrected chi connectivity index (χ4v) is 4.64. The van der Waals surface area contributed by atoms with Gasteiger partial charge >= 0.3 is 0 Å². The molecule has 0 aliphatic carbocycles. The maximum absolute atomic E-state index is 6.14. The van der Waals surface area contributed by atoms with Crippen molar-refractivity contribution in [2.24, 2.45) is 7.05 Å². The molecular weight excluding hydrogens is 304 g/mol. The average molecular weight is 327 g/mol. The number of nitrogens with zero attached hydrogens (tertiary/aromatic N) is 4. The van der Waals surface area contributed by atoms with E-state index >= 15 is 0 Å². The molecule has 1 unspecified atom stereocenters. The van der Waals surface area contributed by atoms with Gasteiger partial charge in [0.15, 0.2) is 5.65 Å². The lowest BCUT2D eigenvalue weighted by Gasteiger charge is -2.22. The van der Waals surface area contributed by atoms with E-state index in [9.17, 15) is 0 Å². The highest BCUT2D eigenvalue weighted by Gasteiger charge is 2.22. The molecule has 3 rings (SSSR count). The van der Waals surface area contributed by atoms with Crippen LogP contribution in [-0.4, -0.2) is 30.3 Å². The summed E-state index contributed by atoms with van der Waals surface area (Å²) in [6.07, 6.45) is 6.07. The van der Waals surface area contributed by atoms with Gasteiger partial charge in [-0.2, -0.15) is 16.9 Å². The van der Waals surface area contributed by atoms with Crippen LogP contribution in [0.2, 0.25) is 0 Å². The van der Waals surface area contributed by atoms with Gasteiger partial charge in [-0.05, 0) is 25.0 Å². The predicted octanol–water partition coefficient (Wildman–Crippen LogP) is 3.75. The van der Waals surface area contributed by atoms with Gasteiger partial charge in [0.25, 0.3) is 0 Å². The van der Waals surface area contributed by atoms with Gasteiger partial charge in [0, 0.05) is 18.8 Å². The lowest BCUT2D eigenvalue weighted by Crippen LogP contribution is -2.19. The normalized spacial score (nSPS) is 19.5. The molecule has 0 spiro atoms. The van der Waals surface area contributed by atoms with Gasteiger partial charge in [-0.25, -0.2) is 4.98 Å². The van der Waals surface area contributed by atoms with Gasteiger partial charge in [-0.3, -0.25) is 4.68 Å². The van der Waals surface area contributed by atoms with Crippen LogP contribution in [0.3, 0.4) is 0 Å². The third-order valence-corrected chi connectivity index (χ3v) is 5.76. The number of rotatable bonds is 5. The van der Waals surface area contributed by atoms with E-state index in [1.807, 2.05) is 11.7 Å². The van der Waals surface area contributed by atoms with E-state index in [0.29, 0.717) is 11.1 Å². The molecule has 0 bridgehead atoms. The second kappa shape index (κ2) is 6.61. The van der Waals surface area contributed by atoms with E-state index < -0.39 is 0 Å². The smallest absolute Gasteiger partial charge is 0.158 e. The molecular formula is C15H23ClN4S. The third kappa shape index (κ3) is 2.95. The molecule has 1 aliphatic rings. The van der Waals surface area contributed by atoms with E-state index in [0.717, 1.165) is 42.1 Å². The minimum atomic E-state index is 0.470. The van der Waals surface area contributed by atoms with Gasteiger partial charge in [0.1, 0.15) is 11.3 Å². The fraction of sp³-hybridized carbons (Fsp3) is 0.733. The van der Waals surface area contributed by atoms with E-state index in [1.54, 1.807) is 0 Å². The highest BCUT2D eigenvalue weighted by atomic mass is 35.5. The number of hydrogen-bond donors (Lipinski definition) is 0. The Balaban J connectivity index is 1.98. The first-order valence-corrected chi connectivity index (χ1v) is 9.41. The van der Waals surface area contributed by atoms with Crippen molar-refractivity contribution in [3.05, 3.63) is 11.5 Å². The maximum atomic E-state index is 6.14. The lowest BCUT2D eigenvalue weighted by molar-refractivity contribution is 0.571. The number of fused-ring (bicyclic) bond motifs is 1. The summed E-state index contributed by atoms with van der Waals surface area (Å²) in [5.74, 6) is 2.74. The van der Waals surface area contributed by atoms with Crippen LogP contribution in [0.4, 0.5) is 0 Å². The Hall–Kier alpha value is -0.680. The van der Waals surface area contributed by atoms with Crippen LogP contribution in [0.15, 0.2) is 0 Å². The van der Waals surface area contributed by atoms with E-state index in [4.69, 9.17) is 16.6 Å². The first-order valence-electron chi connectivity index (χ1n) is 7.83. The summed E-state index contributed by atoms with van der Waals surface area (Å²) in [5.41, 5.74) is 3.30. The van der Waals surface area contributed by atoms with Crippen LogP contribution in [-0.2, 0) is 25.9 Å². The number of aryl methyl sites for hydroxylation is 2. The minimum Gasteiger partial charge on any atom is -0.311 e. The van der Waals surface area contributed by atoms with E-state index in [1.165, 1.54) is 25.0 Å². The van der Waals surface area contributed by atoms with Crippen LogP contribution in [0.5, 0.6) is 0 Å². The Bertz CT molecular complexity index is 613. The van der Waals surface area contributed by atoms with Crippen molar-refractivity contribution in [3.8, 4) is 0 Å². The van der Waals surface area contributed by atoms with Crippen molar-refractivity contribution >= 4 is 34.5 Å². The second-order valence-corrected chi connectivity index (χ2v) is 7.43. The Kier molecular flexibility index (Phi) is 4.79. The third-order valence-electron chi connectivity index (χ3n) is 4.14. The Morgan fingerprint density at radius 2 is 2.24 bits per heavy atom. The summed E-state index contributed by atoms with van der Waals surface area (Å²) in [6, 6.07) is 0. The summed E-state index contributed by atoms with van der Waals surface area (Å²) >= 11 is 8.23. The number of alkyl halides is 1. The van der Waals surface area contributed by atoms with Gasteiger partial charge in [-0.1, -0.05) is 19.8 Å². The molecule has 0 saturated carbocycles. The predicted molar refractivity (Wildman–Crippen MR) is 90.1 cm³/mol. The van der Waals surface area contributed by atoms with Gasteiger partial charge < -0.3 is 4.57 Å². The number of halogens is 1. The molecule has 0 aromatic carbocycles. The summed E-state index contributed by atoms with van der Waals surface area (Å²) in [4.78, 5) is 4.77. The zero-order valence-corrected chi connectivity index (χ0v) is 14.4. The van der Waals surface area contributed by atoms with E-state index in [2.05, 4.69) is 28.4 Å². The van der Waals surface area contributed by atoms with Crippen molar-refractivity contribution in [1.29, 1.82) is 0 Å². The fourth-order valence-electron chi connectivity index (χ4n) is 3.14. The van der Waals surface area contributed by atoms with Crippen molar-refractivity contribution in [3.63, 3.8) is 0 Å². The molecule has 4 nitrogen and oxygen atoms in total. The number of thioether (sulfide) groups is 1. The standard InChI is InChI=1S/C15H23ClN4S/c1-3-6-12-14-15(19(2)18-12)20(13(9-16)17-14)10-11-7-4-5-8-21-11/h11H,3-10H2,1-2H3. The minimum absolute atomic E-state index is 0.470. The first-order chi connectivity index (χ1) is 10.2. The van der Waals surface area contributed by atoms with Crippen molar-refractivity contribution < 1.29 is 0 Å². The van der Waals surface area contributed by atoms with Gasteiger partial charge in [0.05, 0.1) is 11.6 Å². The molecule has 3 heterocycles. The van der Waals surface area contributed by atoms with Crippen molar-refractivity contribution in [2.45, 2.75) is 56.7 Å². The van der Waals surface area contributed by atoms with Crippen LogP contribution < -0.4 is 0 Å². The molecule has 1 aliphatic heterocycles. The zero-order chi connectivity index (χ0) is 14.8. The summed E-state index contributed by atoms with van der Waals surface area (Å²) < 4.78 is 4.29. The van der Waals surface area contributed by atoms with Crippen LogP contribution in [0, 0.1) is 0 Å². The Labute approximate surface area is 135 Å². The van der Waals surface area contributed by atoms with Crippen LogP contribution in [0.25, 0.3) is 11.2 Å². The molecule has 0 amide bonds. The maximum Gasteiger partial charge on any atom is 0.158 e. The Morgan fingerprint density at radius 1 is 1.38 bits per heavy atom. The number of hydrogen-bond acceptors (Lipinski definition) is 3. The largest absolute Gasteiger partial charge is 0.311 e.